The third-order valence-corrected chi connectivity index (χ3v) is 5.41. The van der Waals surface area contributed by atoms with Crippen molar-refractivity contribution in [2.45, 2.75) is 38.6 Å². The first-order valence-corrected chi connectivity index (χ1v) is 8.73. The standard InChI is InChI=1S/C17H23BrN2O.ClH/c1-12-11-14(18)4-5-15(12)17(21)20-9-6-13(7-10-20)16-3-2-8-19-16;/h4-5,11,13,16,19H,2-3,6-10H2,1H3;1H. The number of carbonyl (C=O) groups is 1. The first-order valence-electron chi connectivity index (χ1n) is 7.94. The molecule has 2 fully saturated rings. The number of piperidine rings is 1. The van der Waals surface area contributed by atoms with Crippen LogP contribution < -0.4 is 5.32 Å². The Morgan fingerprint density at radius 3 is 2.59 bits per heavy atom. The van der Waals surface area contributed by atoms with Gasteiger partial charge in [0.2, 0.25) is 0 Å². The summed E-state index contributed by atoms with van der Waals surface area (Å²) in [6.45, 7) is 4.98. The predicted molar refractivity (Wildman–Crippen MR) is 95.8 cm³/mol. The highest BCUT2D eigenvalue weighted by atomic mass is 79.9. The minimum Gasteiger partial charge on any atom is -0.339 e. The maximum Gasteiger partial charge on any atom is 0.254 e. The Kier molecular flexibility index (Phi) is 6.30. The van der Waals surface area contributed by atoms with Crippen LogP contribution in [0.5, 0.6) is 0 Å². The van der Waals surface area contributed by atoms with Gasteiger partial charge in [-0.2, -0.15) is 0 Å². The third-order valence-electron chi connectivity index (χ3n) is 4.91. The van der Waals surface area contributed by atoms with E-state index < -0.39 is 0 Å². The van der Waals surface area contributed by atoms with Gasteiger partial charge >= 0.3 is 0 Å². The first-order chi connectivity index (χ1) is 10.1. The molecule has 1 aromatic carbocycles. The molecule has 1 atom stereocenters. The van der Waals surface area contributed by atoms with E-state index in [1.54, 1.807) is 0 Å². The highest BCUT2D eigenvalue weighted by Gasteiger charge is 2.30. The molecule has 0 aliphatic carbocycles. The van der Waals surface area contributed by atoms with Crippen LogP contribution in [0.1, 0.15) is 41.6 Å². The lowest BCUT2D eigenvalue weighted by Gasteiger charge is -2.35. The molecule has 2 heterocycles. The summed E-state index contributed by atoms with van der Waals surface area (Å²) in [5, 5.41) is 3.61. The van der Waals surface area contributed by atoms with Crippen molar-refractivity contribution in [1.29, 1.82) is 0 Å². The second kappa shape index (κ2) is 7.80. The molecule has 22 heavy (non-hydrogen) atoms. The number of halogens is 2. The molecule has 2 aliphatic rings. The molecule has 3 nitrogen and oxygen atoms in total. The van der Waals surface area contributed by atoms with E-state index >= 15 is 0 Å². The number of rotatable bonds is 2. The summed E-state index contributed by atoms with van der Waals surface area (Å²) < 4.78 is 1.03. The zero-order valence-electron chi connectivity index (χ0n) is 13.0. The van der Waals surface area contributed by atoms with Crippen molar-refractivity contribution in [3.63, 3.8) is 0 Å². The highest BCUT2D eigenvalue weighted by Crippen LogP contribution is 2.27. The van der Waals surface area contributed by atoms with Gasteiger partial charge in [0.15, 0.2) is 0 Å². The van der Waals surface area contributed by atoms with Gasteiger partial charge in [-0.15, -0.1) is 12.4 Å². The maximum absolute atomic E-state index is 12.7. The van der Waals surface area contributed by atoms with Crippen LogP contribution >= 0.6 is 28.3 Å². The largest absolute Gasteiger partial charge is 0.339 e. The number of likely N-dealkylation sites (tertiary alicyclic amines) is 1. The lowest BCUT2D eigenvalue weighted by Crippen LogP contribution is -2.43. The van der Waals surface area contributed by atoms with Crippen LogP contribution in [-0.2, 0) is 0 Å². The SMILES string of the molecule is Cc1cc(Br)ccc1C(=O)N1CCC(C2CCCN2)CC1.Cl. The summed E-state index contributed by atoms with van der Waals surface area (Å²) in [5.74, 6) is 0.945. The highest BCUT2D eigenvalue weighted by molar-refractivity contribution is 9.10. The lowest BCUT2D eigenvalue weighted by molar-refractivity contribution is 0.0673. The van der Waals surface area contributed by atoms with Crippen molar-refractivity contribution >= 4 is 34.2 Å². The summed E-state index contributed by atoms with van der Waals surface area (Å²) in [6.07, 6.45) is 4.89. The minimum absolute atomic E-state index is 0. The molecule has 122 valence electrons. The van der Waals surface area contributed by atoms with Crippen LogP contribution in [0.15, 0.2) is 22.7 Å². The Bertz CT molecular complexity index is 523. The maximum atomic E-state index is 12.7. The molecule has 0 bridgehead atoms. The molecule has 0 saturated carbocycles. The normalized spacial score (nSPS) is 22.5. The molecule has 3 rings (SSSR count). The minimum atomic E-state index is 0. The van der Waals surface area contributed by atoms with Crippen molar-refractivity contribution in [2.75, 3.05) is 19.6 Å². The summed E-state index contributed by atoms with van der Waals surface area (Å²) in [6, 6.07) is 6.60. The zero-order valence-corrected chi connectivity index (χ0v) is 15.4. The molecule has 1 unspecified atom stereocenters. The fraction of sp³-hybridized carbons (Fsp3) is 0.588. The number of carbonyl (C=O) groups excluding carboxylic acids is 1. The van der Waals surface area contributed by atoms with Crippen molar-refractivity contribution in [1.82, 2.24) is 10.2 Å². The van der Waals surface area contributed by atoms with Crippen LogP contribution in [0.25, 0.3) is 0 Å². The summed E-state index contributed by atoms with van der Waals surface area (Å²) in [4.78, 5) is 14.7. The van der Waals surface area contributed by atoms with Gasteiger partial charge < -0.3 is 10.2 Å². The summed E-state index contributed by atoms with van der Waals surface area (Å²) in [7, 11) is 0. The van der Waals surface area contributed by atoms with Crippen LogP contribution in [0.3, 0.4) is 0 Å². The fourth-order valence-corrected chi connectivity index (χ4v) is 4.13. The molecule has 1 N–H and O–H groups in total. The summed E-state index contributed by atoms with van der Waals surface area (Å²) >= 11 is 3.46. The molecule has 2 saturated heterocycles. The number of hydrogen-bond donors (Lipinski definition) is 1. The average Bonchev–Trinajstić information content (AvgIpc) is 3.01. The first kappa shape index (κ1) is 17.8. The molecule has 0 aromatic heterocycles. The van der Waals surface area contributed by atoms with Gasteiger partial charge in [-0.05, 0) is 68.8 Å². The van der Waals surface area contributed by atoms with Gasteiger partial charge in [0.1, 0.15) is 0 Å². The molecule has 2 aliphatic heterocycles. The molecule has 5 heteroatoms. The zero-order chi connectivity index (χ0) is 14.8. The quantitative estimate of drug-likeness (QED) is 0.837. The number of nitrogens with one attached hydrogen (secondary N) is 1. The van der Waals surface area contributed by atoms with E-state index in [1.807, 2.05) is 30.0 Å². The number of amides is 1. The van der Waals surface area contributed by atoms with Gasteiger partial charge in [-0.1, -0.05) is 15.9 Å². The Labute approximate surface area is 147 Å². The van der Waals surface area contributed by atoms with Crippen LogP contribution in [0.2, 0.25) is 0 Å². The second-order valence-electron chi connectivity index (χ2n) is 6.29. The molecule has 1 aromatic rings. The second-order valence-corrected chi connectivity index (χ2v) is 7.21. The van der Waals surface area contributed by atoms with E-state index in [1.165, 1.54) is 19.4 Å². The Hall–Kier alpha value is -0.580. The van der Waals surface area contributed by atoms with Crippen LogP contribution in [0.4, 0.5) is 0 Å². The lowest BCUT2D eigenvalue weighted by atomic mass is 9.88. The fourth-order valence-electron chi connectivity index (χ4n) is 3.66. The van der Waals surface area contributed by atoms with E-state index in [4.69, 9.17) is 0 Å². The Morgan fingerprint density at radius 2 is 2.00 bits per heavy atom. The Morgan fingerprint density at radius 1 is 1.27 bits per heavy atom. The number of benzene rings is 1. The number of aryl methyl sites for hydroxylation is 1. The molecular formula is C17H24BrClN2O. The van der Waals surface area contributed by atoms with Crippen LogP contribution in [0, 0.1) is 12.8 Å². The number of hydrogen-bond acceptors (Lipinski definition) is 2. The predicted octanol–water partition coefficient (Wildman–Crippen LogP) is 3.78. The van der Waals surface area contributed by atoms with E-state index in [0.717, 1.165) is 47.4 Å². The van der Waals surface area contributed by atoms with Gasteiger partial charge in [-0.3, -0.25) is 4.79 Å². The van der Waals surface area contributed by atoms with Crippen molar-refractivity contribution < 1.29 is 4.79 Å². The van der Waals surface area contributed by atoms with Gasteiger partial charge in [0.25, 0.3) is 5.91 Å². The molecule has 1 amide bonds. The molecule has 0 radical (unpaired) electrons. The van der Waals surface area contributed by atoms with Crippen molar-refractivity contribution in [3.8, 4) is 0 Å². The van der Waals surface area contributed by atoms with Crippen molar-refractivity contribution in [3.05, 3.63) is 33.8 Å². The van der Waals surface area contributed by atoms with Gasteiger partial charge in [-0.25, -0.2) is 0 Å². The van der Waals surface area contributed by atoms with Crippen molar-refractivity contribution in [2.24, 2.45) is 5.92 Å². The van der Waals surface area contributed by atoms with E-state index in [2.05, 4.69) is 21.2 Å². The van der Waals surface area contributed by atoms with Crippen LogP contribution in [-0.4, -0.2) is 36.5 Å². The van der Waals surface area contributed by atoms with Gasteiger partial charge in [0, 0.05) is 29.2 Å². The topological polar surface area (TPSA) is 32.3 Å². The Balaban J connectivity index is 0.00000176. The van der Waals surface area contributed by atoms with E-state index in [-0.39, 0.29) is 18.3 Å². The number of nitrogens with zero attached hydrogens (tertiary/aromatic N) is 1. The third kappa shape index (κ3) is 3.84. The monoisotopic (exact) mass is 386 g/mol. The summed E-state index contributed by atoms with van der Waals surface area (Å²) in [5.41, 5.74) is 1.89. The molecular weight excluding hydrogens is 364 g/mol. The molecule has 0 spiro atoms. The van der Waals surface area contributed by atoms with Gasteiger partial charge in [0.05, 0.1) is 0 Å². The van der Waals surface area contributed by atoms with E-state index in [9.17, 15) is 4.79 Å². The smallest absolute Gasteiger partial charge is 0.254 e. The van der Waals surface area contributed by atoms with E-state index in [0.29, 0.717) is 6.04 Å². The average molecular weight is 388 g/mol.